The number of anilines is 1. The van der Waals surface area contributed by atoms with Crippen molar-refractivity contribution in [2.75, 3.05) is 31.0 Å². The first-order chi connectivity index (χ1) is 15.8. The number of rotatable bonds is 8. The summed E-state index contributed by atoms with van der Waals surface area (Å²) in [5, 5.41) is 9.83. The molecule has 2 fully saturated rings. The van der Waals surface area contributed by atoms with Crippen molar-refractivity contribution in [3.05, 3.63) is 52.8 Å². The van der Waals surface area contributed by atoms with Gasteiger partial charge in [0.15, 0.2) is 0 Å². The molecule has 33 heavy (non-hydrogen) atoms. The number of likely N-dealkylation sites (tertiary alicyclic amines) is 1. The van der Waals surface area contributed by atoms with Crippen LogP contribution in [-0.4, -0.2) is 50.6 Å². The average molecular weight is 475 g/mol. The minimum absolute atomic E-state index is 0.0344. The molecule has 7 nitrogen and oxygen atoms in total. The van der Waals surface area contributed by atoms with E-state index in [9.17, 15) is 22.7 Å². The molecular formula is C24H27FN2O5S. The summed E-state index contributed by atoms with van der Waals surface area (Å²) in [4.78, 5) is 14.3. The number of hydrogen-bond acceptors (Lipinski definition) is 5. The van der Waals surface area contributed by atoms with Gasteiger partial charge in [-0.1, -0.05) is 13.0 Å². The van der Waals surface area contributed by atoms with Gasteiger partial charge in [-0.25, -0.2) is 17.6 Å². The number of nitrogens with one attached hydrogen (secondary N) is 1. The van der Waals surface area contributed by atoms with Crippen molar-refractivity contribution in [2.45, 2.75) is 37.0 Å². The molecule has 2 aliphatic heterocycles. The van der Waals surface area contributed by atoms with Gasteiger partial charge >= 0.3 is 5.97 Å². The number of nitrogens with zero attached hydrogens (tertiary/aromatic N) is 1. The standard InChI is InChI=1S/C24H27FN2O5S/c1-2-27-11-14(12-27)3-4-15-9-17(25)5-8-21(15)33(30,31)26-20-7-6-18-19-10-16(19)13-32-23(18)22(20)24(28)29/h5-9,14,16,19,26H,2-4,10-13H2,1H3,(H,28,29). The summed E-state index contributed by atoms with van der Waals surface area (Å²) in [6.45, 7) is 5.44. The van der Waals surface area contributed by atoms with Gasteiger partial charge in [0.05, 0.1) is 17.2 Å². The molecule has 2 heterocycles. The molecule has 0 radical (unpaired) electrons. The minimum atomic E-state index is -4.14. The third kappa shape index (κ3) is 4.19. The fourth-order valence-corrected chi connectivity index (χ4v) is 6.35. The fourth-order valence-electron chi connectivity index (χ4n) is 5.03. The number of carboxylic acids is 1. The Morgan fingerprint density at radius 3 is 2.79 bits per heavy atom. The molecule has 0 bridgehead atoms. The van der Waals surface area contributed by atoms with Crippen molar-refractivity contribution in [1.29, 1.82) is 0 Å². The first kappa shape index (κ1) is 22.2. The van der Waals surface area contributed by atoms with Crippen molar-refractivity contribution >= 4 is 21.7 Å². The van der Waals surface area contributed by atoms with Crippen molar-refractivity contribution in [3.63, 3.8) is 0 Å². The lowest BCUT2D eigenvalue weighted by Crippen LogP contribution is -2.46. The van der Waals surface area contributed by atoms with E-state index in [2.05, 4.69) is 16.5 Å². The molecule has 2 N–H and O–H groups in total. The van der Waals surface area contributed by atoms with Gasteiger partial charge in [-0.05, 0) is 73.0 Å². The van der Waals surface area contributed by atoms with Crippen molar-refractivity contribution in [1.82, 2.24) is 4.90 Å². The summed E-state index contributed by atoms with van der Waals surface area (Å²) >= 11 is 0. The van der Waals surface area contributed by atoms with Gasteiger partial charge in [-0.3, -0.25) is 4.72 Å². The van der Waals surface area contributed by atoms with Crippen LogP contribution in [-0.2, 0) is 16.4 Å². The van der Waals surface area contributed by atoms with Crippen molar-refractivity contribution in [3.8, 4) is 5.75 Å². The number of aryl methyl sites for hydroxylation is 1. The van der Waals surface area contributed by atoms with Crippen LogP contribution in [0, 0.1) is 17.7 Å². The Balaban J connectivity index is 1.42. The Bertz CT molecular complexity index is 1210. The third-order valence-electron chi connectivity index (χ3n) is 7.02. The number of carbonyl (C=O) groups is 1. The number of ether oxygens (including phenoxy) is 1. The van der Waals surface area contributed by atoms with E-state index in [1.165, 1.54) is 18.2 Å². The third-order valence-corrected chi connectivity index (χ3v) is 8.49. The largest absolute Gasteiger partial charge is 0.492 e. The summed E-state index contributed by atoms with van der Waals surface area (Å²) in [5.74, 6) is -0.376. The molecule has 0 spiro atoms. The quantitative estimate of drug-likeness (QED) is 0.606. The molecule has 2 unspecified atom stereocenters. The molecule has 0 amide bonds. The average Bonchev–Trinajstić information content (AvgIpc) is 3.52. The molecule has 0 aromatic heterocycles. The van der Waals surface area contributed by atoms with Crippen LogP contribution in [0.1, 0.15) is 47.2 Å². The van der Waals surface area contributed by atoms with Gasteiger partial charge in [0.2, 0.25) is 0 Å². The van der Waals surface area contributed by atoms with Gasteiger partial charge in [-0.15, -0.1) is 0 Å². The van der Waals surface area contributed by atoms with Crippen molar-refractivity contribution in [2.24, 2.45) is 11.8 Å². The first-order valence-corrected chi connectivity index (χ1v) is 12.8. The number of halogens is 1. The fraction of sp³-hybridized carbons (Fsp3) is 0.458. The maximum absolute atomic E-state index is 14.0. The Labute approximate surface area is 192 Å². The molecule has 2 atom stereocenters. The van der Waals surface area contributed by atoms with Crippen LogP contribution in [0.3, 0.4) is 0 Å². The highest BCUT2D eigenvalue weighted by Gasteiger charge is 2.45. The second kappa shape index (κ2) is 8.29. The predicted octanol–water partition coefficient (Wildman–Crippen LogP) is 3.70. The number of aromatic carboxylic acids is 1. The predicted molar refractivity (Wildman–Crippen MR) is 121 cm³/mol. The lowest BCUT2D eigenvalue weighted by atomic mass is 9.92. The lowest BCUT2D eigenvalue weighted by molar-refractivity contribution is 0.0692. The molecular weight excluding hydrogens is 447 g/mol. The molecule has 9 heteroatoms. The van der Waals surface area contributed by atoms with Crippen LogP contribution in [0.4, 0.5) is 10.1 Å². The van der Waals surface area contributed by atoms with Crippen LogP contribution in [0.15, 0.2) is 35.2 Å². The zero-order chi connectivity index (χ0) is 23.3. The summed E-state index contributed by atoms with van der Waals surface area (Å²) in [7, 11) is -4.14. The molecule has 3 aliphatic rings. The van der Waals surface area contributed by atoms with Crippen LogP contribution >= 0.6 is 0 Å². The topological polar surface area (TPSA) is 95.9 Å². The molecule has 5 rings (SSSR count). The van der Waals surface area contributed by atoms with E-state index in [0.717, 1.165) is 44.1 Å². The van der Waals surface area contributed by atoms with Crippen LogP contribution in [0.25, 0.3) is 0 Å². The second-order valence-electron chi connectivity index (χ2n) is 9.24. The van der Waals surface area contributed by atoms with E-state index in [1.54, 1.807) is 6.07 Å². The summed E-state index contributed by atoms with van der Waals surface area (Å²) in [6.07, 6.45) is 2.14. The Morgan fingerprint density at radius 1 is 1.27 bits per heavy atom. The van der Waals surface area contributed by atoms with E-state index < -0.39 is 21.8 Å². The van der Waals surface area contributed by atoms with E-state index in [1.807, 2.05) is 0 Å². The Kier molecular flexibility index (Phi) is 5.56. The number of sulfonamides is 1. The molecule has 1 saturated heterocycles. The molecule has 176 valence electrons. The maximum atomic E-state index is 14.0. The zero-order valence-corrected chi connectivity index (χ0v) is 19.2. The molecule has 1 saturated carbocycles. The highest BCUT2D eigenvalue weighted by Crippen LogP contribution is 2.55. The minimum Gasteiger partial charge on any atom is -0.492 e. The smallest absolute Gasteiger partial charge is 0.341 e. The van der Waals surface area contributed by atoms with Crippen LogP contribution < -0.4 is 9.46 Å². The molecule has 2 aromatic carbocycles. The molecule has 2 aromatic rings. The van der Waals surface area contributed by atoms with Gasteiger partial charge < -0.3 is 14.7 Å². The van der Waals surface area contributed by atoms with Crippen LogP contribution in [0.5, 0.6) is 5.75 Å². The van der Waals surface area contributed by atoms with E-state index in [0.29, 0.717) is 30.4 Å². The van der Waals surface area contributed by atoms with Gasteiger partial charge in [0, 0.05) is 19.0 Å². The van der Waals surface area contributed by atoms with Gasteiger partial charge in [-0.2, -0.15) is 0 Å². The number of hydrogen-bond donors (Lipinski definition) is 2. The van der Waals surface area contributed by atoms with Crippen LogP contribution in [0.2, 0.25) is 0 Å². The number of carboxylic acid groups (broad SMARTS) is 1. The number of fused-ring (bicyclic) bond motifs is 3. The SMILES string of the molecule is CCN1CC(CCc2cc(F)ccc2S(=O)(=O)Nc2ccc3c(c2C(=O)O)OCC2CC32)C1. The Hall–Kier alpha value is -2.65. The lowest BCUT2D eigenvalue weighted by Gasteiger charge is -2.38. The second-order valence-corrected chi connectivity index (χ2v) is 10.9. The monoisotopic (exact) mass is 474 g/mol. The normalized spacial score (nSPS) is 22.0. The van der Waals surface area contributed by atoms with E-state index >= 15 is 0 Å². The number of benzene rings is 2. The highest BCUT2D eigenvalue weighted by molar-refractivity contribution is 7.92. The summed E-state index contributed by atoms with van der Waals surface area (Å²) in [5.41, 5.74) is 0.979. The van der Waals surface area contributed by atoms with Gasteiger partial charge in [0.25, 0.3) is 10.0 Å². The van der Waals surface area contributed by atoms with Gasteiger partial charge in [0.1, 0.15) is 17.1 Å². The highest BCUT2D eigenvalue weighted by atomic mass is 32.2. The first-order valence-electron chi connectivity index (χ1n) is 11.3. The molecule has 1 aliphatic carbocycles. The zero-order valence-electron chi connectivity index (χ0n) is 18.4. The summed E-state index contributed by atoms with van der Waals surface area (Å²) < 4.78 is 48.7. The summed E-state index contributed by atoms with van der Waals surface area (Å²) in [6, 6.07) is 6.84. The Morgan fingerprint density at radius 2 is 2.06 bits per heavy atom. The van der Waals surface area contributed by atoms with E-state index in [4.69, 9.17) is 4.74 Å². The van der Waals surface area contributed by atoms with E-state index in [-0.39, 0.29) is 27.8 Å². The van der Waals surface area contributed by atoms with Crippen molar-refractivity contribution < 1.29 is 27.4 Å². The maximum Gasteiger partial charge on any atom is 0.341 e.